The topological polar surface area (TPSA) is 74.8 Å². The Morgan fingerprint density at radius 1 is 0.960 bits per heavy atom. The molecule has 1 atom stereocenters. The molecule has 1 heterocycles. The van der Waals surface area contributed by atoms with E-state index in [0.29, 0.717) is 36.8 Å². The van der Waals surface area contributed by atoms with Crippen LogP contribution < -0.4 is 0 Å². The number of carbonyl (C=O) groups is 2. The van der Waals surface area contributed by atoms with Gasteiger partial charge in [0.05, 0.1) is 5.25 Å². The molecular weight excluding hydrogens is 364 g/mol. The molecule has 1 fully saturated rings. The Morgan fingerprint density at radius 3 is 1.92 bits per heavy atom. The van der Waals surface area contributed by atoms with Gasteiger partial charge in [-0.3, -0.25) is 9.59 Å². The number of piperazine rings is 1. The number of rotatable bonds is 4. The van der Waals surface area contributed by atoms with Crippen LogP contribution in [0.2, 0.25) is 5.02 Å². The summed E-state index contributed by atoms with van der Waals surface area (Å²) in [6.07, 6.45) is 0. The third kappa shape index (κ3) is 4.33. The van der Waals surface area contributed by atoms with Crippen molar-refractivity contribution in [1.29, 1.82) is 0 Å². The van der Waals surface area contributed by atoms with Crippen LogP contribution in [0.5, 0.6) is 0 Å². The minimum Gasteiger partial charge on any atom is -0.338 e. The van der Waals surface area contributed by atoms with Crippen molar-refractivity contribution in [3.05, 3.63) is 34.9 Å². The highest BCUT2D eigenvalue weighted by atomic mass is 35.5. The SMILES string of the molecule is CC(C)S(=O)(=O)C(C)C(=O)N1CCN(C(=O)c2ccc(Cl)cc2)CC1. The summed E-state index contributed by atoms with van der Waals surface area (Å²) < 4.78 is 24.4. The Kier molecular flexibility index (Phi) is 6.11. The molecule has 1 aliphatic heterocycles. The van der Waals surface area contributed by atoms with Crippen LogP contribution in [0.15, 0.2) is 24.3 Å². The molecule has 0 aromatic heterocycles. The van der Waals surface area contributed by atoms with Crippen LogP contribution >= 0.6 is 11.6 Å². The molecule has 1 saturated heterocycles. The van der Waals surface area contributed by atoms with Gasteiger partial charge in [0.1, 0.15) is 5.25 Å². The van der Waals surface area contributed by atoms with E-state index in [0.717, 1.165) is 0 Å². The molecule has 1 unspecified atom stereocenters. The number of hydrogen-bond acceptors (Lipinski definition) is 4. The molecule has 138 valence electrons. The van der Waals surface area contributed by atoms with Crippen molar-refractivity contribution < 1.29 is 18.0 Å². The van der Waals surface area contributed by atoms with E-state index in [1.54, 1.807) is 43.0 Å². The number of sulfone groups is 1. The Bertz CT molecular complexity index is 738. The number of halogens is 1. The van der Waals surface area contributed by atoms with Crippen LogP contribution in [0, 0.1) is 0 Å². The summed E-state index contributed by atoms with van der Waals surface area (Å²) in [6, 6.07) is 6.65. The number of hydrogen-bond donors (Lipinski definition) is 0. The smallest absolute Gasteiger partial charge is 0.253 e. The van der Waals surface area contributed by atoms with Crippen molar-refractivity contribution in [3.63, 3.8) is 0 Å². The van der Waals surface area contributed by atoms with Gasteiger partial charge in [-0.1, -0.05) is 11.6 Å². The van der Waals surface area contributed by atoms with Gasteiger partial charge in [0, 0.05) is 36.8 Å². The average Bonchev–Trinajstić information content (AvgIpc) is 2.60. The molecule has 0 spiro atoms. The van der Waals surface area contributed by atoms with Gasteiger partial charge in [0.15, 0.2) is 9.84 Å². The highest BCUT2D eigenvalue weighted by molar-refractivity contribution is 7.93. The minimum absolute atomic E-state index is 0.119. The van der Waals surface area contributed by atoms with E-state index >= 15 is 0 Å². The fourth-order valence-corrected chi connectivity index (χ4v) is 4.08. The van der Waals surface area contributed by atoms with E-state index in [-0.39, 0.29) is 5.91 Å². The van der Waals surface area contributed by atoms with Gasteiger partial charge in [-0.2, -0.15) is 0 Å². The monoisotopic (exact) mass is 386 g/mol. The standard InChI is InChI=1S/C17H23ClN2O4S/c1-12(2)25(23,24)13(3)16(21)19-8-10-20(11-9-19)17(22)14-4-6-15(18)7-5-14/h4-7,12-13H,8-11H2,1-3H3. The second-order valence-electron chi connectivity index (χ2n) is 6.40. The lowest BCUT2D eigenvalue weighted by atomic mass is 10.2. The lowest BCUT2D eigenvalue weighted by molar-refractivity contribution is -0.131. The van der Waals surface area contributed by atoms with Gasteiger partial charge in [-0.25, -0.2) is 8.42 Å². The summed E-state index contributed by atoms with van der Waals surface area (Å²) in [5, 5.41) is -1.10. The third-order valence-electron chi connectivity index (χ3n) is 4.47. The lowest BCUT2D eigenvalue weighted by Gasteiger charge is -2.36. The largest absolute Gasteiger partial charge is 0.338 e. The fourth-order valence-electron chi connectivity index (χ4n) is 2.71. The third-order valence-corrected chi connectivity index (χ3v) is 7.22. The number of benzene rings is 1. The van der Waals surface area contributed by atoms with Gasteiger partial charge in [-0.05, 0) is 45.0 Å². The van der Waals surface area contributed by atoms with Crippen molar-refractivity contribution in [2.45, 2.75) is 31.3 Å². The van der Waals surface area contributed by atoms with E-state index in [9.17, 15) is 18.0 Å². The van der Waals surface area contributed by atoms with Crippen LogP contribution in [-0.2, 0) is 14.6 Å². The zero-order chi connectivity index (χ0) is 18.8. The minimum atomic E-state index is -3.49. The van der Waals surface area contributed by atoms with Gasteiger partial charge in [0.25, 0.3) is 5.91 Å². The summed E-state index contributed by atoms with van der Waals surface area (Å²) in [5.41, 5.74) is 0.542. The fraction of sp³-hybridized carbons (Fsp3) is 0.529. The van der Waals surface area contributed by atoms with Crippen molar-refractivity contribution in [2.75, 3.05) is 26.2 Å². The quantitative estimate of drug-likeness (QED) is 0.791. The molecule has 1 aromatic rings. The molecule has 0 radical (unpaired) electrons. The molecule has 0 saturated carbocycles. The molecule has 1 aliphatic rings. The van der Waals surface area contributed by atoms with Crippen LogP contribution in [0.25, 0.3) is 0 Å². The highest BCUT2D eigenvalue weighted by Crippen LogP contribution is 2.16. The second kappa shape index (κ2) is 7.74. The zero-order valence-corrected chi connectivity index (χ0v) is 16.2. The van der Waals surface area contributed by atoms with Gasteiger partial charge in [0.2, 0.25) is 5.91 Å². The second-order valence-corrected chi connectivity index (χ2v) is 9.67. The average molecular weight is 387 g/mol. The molecular formula is C17H23ClN2O4S. The summed E-state index contributed by atoms with van der Waals surface area (Å²) in [6.45, 7) is 5.99. The first-order chi connectivity index (χ1) is 11.6. The Morgan fingerprint density at radius 2 is 1.44 bits per heavy atom. The summed E-state index contributed by atoms with van der Waals surface area (Å²) in [5.74, 6) is -0.515. The van der Waals surface area contributed by atoms with Gasteiger partial charge >= 0.3 is 0 Å². The number of nitrogens with zero attached hydrogens (tertiary/aromatic N) is 2. The molecule has 6 nitrogen and oxygen atoms in total. The molecule has 8 heteroatoms. The zero-order valence-electron chi connectivity index (χ0n) is 14.6. The molecule has 25 heavy (non-hydrogen) atoms. The van der Waals surface area contributed by atoms with Crippen molar-refractivity contribution >= 4 is 33.3 Å². The summed E-state index contributed by atoms with van der Waals surface area (Å²) in [4.78, 5) is 28.1. The predicted octanol–water partition coefficient (Wildman–Crippen LogP) is 1.84. The van der Waals surface area contributed by atoms with Crippen molar-refractivity contribution in [1.82, 2.24) is 9.80 Å². The number of carbonyl (C=O) groups excluding carboxylic acids is 2. The molecule has 2 amide bonds. The maximum Gasteiger partial charge on any atom is 0.253 e. The van der Waals surface area contributed by atoms with E-state index in [2.05, 4.69) is 0 Å². The van der Waals surface area contributed by atoms with Crippen molar-refractivity contribution in [3.8, 4) is 0 Å². The lowest BCUT2D eigenvalue weighted by Crippen LogP contribution is -2.54. The first-order valence-electron chi connectivity index (χ1n) is 8.21. The molecule has 0 aliphatic carbocycles. The molecule has 1 aromatic carbocycles. The van der Waals surface area contributed by atoms with Gasteiger partial charge in [-0.15, -0.1) is 0 Å². The van der Waals surface area contributed by atoms with Gasteiger partial charge < -0.3 is 9.80 Å². The Labute approximate surface area is 153 Å². The maximum atomic E-state index is 12.5. The molecule has 0 bridgehead atoms. The van der Waals surface area contributed by atoms with Crippen LogP contribution in [-0.4, -0.2) is 66.7 Å². The first kappa shape index (κ1) is 19.7. The van der Waals surface area contributed by atoms with E-state index in [1.165, 1.54) is 11.8 Å². The number of amides is 2. The summed E-state index contributed by atoms with van der Waals surface area (Å²) >= 11 is 5.83. The normalized spacial score (nSPS) is 16.8. The highest BCUT2D eigenvalue weighted by Gasteiger charge is 2.35. The summed E-state index contributed by atoms with van der Waals surface area (Å²) in [7, 11) is -3.49. The van der Waals surface area contributed by atoms with Crippen LogP contribution in [0.1, 0.15) is 31.1 Å². The van der Waals surface area contributed by atoms with E-state index < -0.39 is 26.2 Å². The van der Waals surface area contributed by atoms with Crippen LogP contribution in [0.3, 0.4) is 0 Å². The molecule has 0 N–H and O–H groups in total. The van der Waals surface area contributed by atoms with E-state index in [4.69, 9.17) is 11.6 Å². The predicted molar refractivity (Wildman–Crippen MR) is 97.5 cm³/mol. The molecule has 2 rings (SSSR count). The first-order valence-corrected chi connectivity index (χ1v) is 10.2. The van der Waals surface area contributed by atoms with E-state index in [1.807, 2.05) is 0 Å². The Hall–Kier alpha value is -1.60. The van der Waals surface area contributed by atoms with Crippen molar-refractivity contribution in [2.24, 2.45) is 0 Å². The van der Waals surface area contributed by atoms with Crippen LogP contribution in [0.4, 0.5) is 0 Å². The maximum absolute atomic E-state index is 12.5. The Balaban J connectivity index is 1.98.